The van der Waals surface area contributed by atoms with Crippen LogP contribution in [0.5, 0.6) is 0 Å². The highest BCUT2D eigenvalue weighted by molar-refractivity contribution is 4.55. The van der Waals surface area contributed by atoms with E-state index in [1.54, 1.807) is 0 Å². The Morgan fingerprint density at radius 2 is 1.30 bits per heavy atom. The number of alkyl halides is 3. The topological polar surface area (TPSA) is 18.5 Å². The molecule has 1 rings (SSSR count). The quantitative estimate of drug-likeness (QED) is 0.342. The van der Waals surface area contributed by atoms with E-state index in [1.165, 1.54) is 32.1 Å². The van der Waals surface area contributed by atoms with Crippen LogP contribution in [0.1, 0.15) is 89.9 Å². The molecule has 2 nitrogen and oxygen atoms in total. The van der Waals surface area contributed by atoms with E-state index in [4.69, 9.17) is 9.47 Å². The molecule has 0 aliphatic carbocycles. The van der Waals surface area contributed by atoms with E-state index < -0.39 is 12.6 Å². The smallest absolute Gasteiger partial charge is 0.353 e. The molecule has 23 heavy (non-hydrogen) atoms. The van der Waals surface area contributed by atoms with Crippen LogP contribution in [0.15, 0.2) is 0 Å². The zero-order valence-electron chi connectivity index (χ0n) is 14.3. The summed E-state index contributed by atoms with van der Waals surface area (Å²) in [5.41, 5.74) is 0. The highest BCUT2D eigenvalue weighted by atomic mass is 19.4. The number of rotatable bonds is 14. The average molecular weight is 338 g/mol. The number of ether oxygens (including phenoxy) is 2. The molecule has 0 aromatic carbocycles. The van der Waals surface area contributed by atoms with Gasteiger partial charge in [0, 0.05) is 26.1 Å². The zero-order chi connectivity index (χ0) is 16.8. The fraction of sp³-hybridized carbons (Fsp3) is 1.00. The lowest BCUT2D eigenvalue weighted by Gasteiger charge is -2.10. The van der Waals surface area contributed by atoms with Crippen molar-refractivity contribution in [2.45, 2.75) is 102 Å². The Morgan fingerprint density at radius 1 is 0.783 bits per heavy atom. The molecule has 0 aromatic rings. The van der Waals surface area contributed by atoms with Gasteiger partial charge >= 0.3 is 6.18 Å². The first-order chi connectivity index (χ1) is 11.1. The number of hydrogen-bond acceptors (Lipinski definition) is 2. The SMILES string of the molecule is FC(F)(F)CCCCCCCCCCCCCOC1CCCO1. The van der Waals surface area contributed by atoms with Crippen LogP contribution >= 0.6 is 0 Å². The molecule has 1 heterocycles. The van der Waals surface area contributed by atoms with Crippen LogP contribution in [0.3, 0.4) is 0 Å². The Bertz CT molecular complexity index is 263. The van der Waals surface area contributed by atoms with Gasteiger partial charge in [-0.15, -0.1) is 0 Å². The molecule has 0 radical (unpaired) electrons. The van der Waals surface area contributed by atoms with Gasteiger partial charge in [-0.1, -0.05) is 57.8 Å². The fourth-order valence-electron chi connectivity index (χ4n) is 2.91. The minimum Gasteiger partial charge on any atom is -0.353 e. The van der Waals surface area contributed by atoms with Gasteiger partial charge in [-0.05, 0) is 19.3 Å². The van der Waals surface area contributed by atoms with Crippen LogP contribution < -0.4 is 0 Å². The van der Waals surface area contributed by atoms with E-state index in [2.05, 4.69) is 0 Å². The molecule has 1 aliphatic heterocycles. The molecule has 0 aromatic heterocycles. The Labute approximate surface area is 139 Å². The van der Waals surface area contributed by atoms with Crippen molar-refractivity contribution in [2.24, 2.45) is 0 Å². The average Bonchev–Trinajstić information content (AvgIpc) is 3.00. The van der Waals surface area contributed by atoms with Gasteiger partial charge in [0.15, 0.2) is 6.29 Å². The third-order valence-electron chi connectivity index (χ3n) is 4.30. The van der Waals surface area contributed by atoms with E-state index in [-0.39, 0.29) is 12.7 Å². The molecule has 1 aliphatic rings. The van der Waals surface area contributed by atoms with E-state index in [0.717, 1.165) is 51.7 Å². The lowest BCUT2D eigenvalue weighted by atomic mass is 10.1. The minimum absolute atomic E-state index is 0.0473. The van der Waals surface area contributed by atoms with Crippen LogP contribution in [-0.4, -0.2) is 25.7 Å². The summed E-state index contributed by atoms with van der Waals surface area (Å²) in [5.74, 6) is 0. The van der Waals surface area contributed by atoms with Gasteiger partial charge in [0.25, 0.3) is 0 Å². The first-order valence-corrected chi connectivity index (χ1v) is 9.38. The van der Waals surface area contributed by atoms with Gasteiger partial charge in [-0.2, -0.15) is 13.2 Å². The lowest BCUT2D eigenvalue weighted by Crippen LogP contribution is -2.11. The number of hydrogen-bond donors (Lipinski definition) is 0. The second-order valence-corrected chi connectivity index (χ2v) is 6.57. The molecule has 0 amide bonds. The Kier molecular flexibility index (Phi) is 11.8. The molecule has 1 unspecified atom stereocenters. The molecule has 1 saturated heterocycles. The summed E-state index contributed by atoms with van der Waals surface area (Å²) >= 11 is 0. The Balaban J connectivity index is 1.68. The van der Waals surface area contributed by atoms with Crippen LogP contribution in [0, 0.1) is 0 Å². The van der Waals surface area contributed by atoms with E-state index in [1.807, 2.05) is 0 Å². The summed E-state index contributed by atoms with van der Waals surface area (Å²) in [6, 6.07) is 0. The summed E-state index contributed by atoms with van der Waals surface area (Å²) < 4.78 is 46.9. The number of unbranched alkanes of at least 4 members (excludes halogenated alkanes) is 10. The Hall–Kier alpha value is -0.290. The van der Waals surface area contributed by atoms with Gasteiger partial charge in [0.1, 0.15) is 0 Å². The first-order valence-electron chi connectivity index (χ1n) is 9.38. The largest absolute Gasteiger partial charge is 0.389 e. The van der Waals surface area contributed by atoms with Crippen molar-refractivity contribution in [3.63, 3.8) is 0 Å². The van der Waals surface area contributed by atoms with E-state index in [9.17, 15) is 13.2 Å². The normalized spacial score (nSPS) is 18.7. The van der Waals surface area contributed by atoms with Crippen molar-refractivity contribution in [3.05, 3.63) is 0 Å². The van der Waals surface area contributed by atoms with Crippen molar-refractivity contribution in [2.75, 3.05) is 13.2 Å². The fourth-order valence-corrected chi connectivity index (χ4v) is 2.91. The third kappa shape index (κ3) is 13.8. The van der Waals surface area contributed by atoms with Crippen LogP contribution in [0.25, 0.3) is 0 Å². The lowest BCUT2D eigenvalue weighted by molar-refractivity contribution is -0.135. The zero-order valence-corrected chi connectivity index (χ0v) is 14.3. The molecule has 0 bridgehead atoms. The van der Waals surface area contributed by atoms with Crippen molar-refractivity contribution in [3.8, 4) is 0 Å². The predicted octanol–water partition coefficient (Wildman–Crippen LogP) is 6.38. The summed E-state index contributed by atoms with van der Waals surface area (Å²) in [6.45, 7) is 1.65. The van der Waals surface area contributed by atoms with Gasteiger partial charge in [0.2, 0.25) is 0 Å². The van der Waals surface area contributed by atoms with Gasteiger partial charge < -0.3 is 9.47 Å². The van der Waals surface area contributed by atoms with Crippen LogP contribution in [-0.2, 0) is 9.47 Å². The summed E-state index contributed by atoms with van der Waals surface area (Å²) in [4.78, 5) is 0. The maximum Gasteiger partial charge on any atom is 0.389 e. The monoisotopic (exact) mass is 338 g/mol. The highest BCUT2D eigenvalue weighted by Crippen LogP contribution is 2.23. The second-order valence-electron chi connectivity index (χ2n) is 6.57. The highest BCUT2D eigenvalue weighted by Gasteiger charge is 2.25. The molecule has 0 spiro atoms. The van der Waals surface area contributed by atoms with Crippen molar-refractivity contribution in [1.82, 2.24) is 0 Å². The van der Waals surface area contributed by atoms with E-state index >= 15 is 0 Å². The summed E-state index contributed by atoms with van der Waals surface area (Å²) in [6.07, 6.45) is 9.08. The van der Waals surface area contributed by atoms with Crippen molar-refractivity contribution >= 4 is 0 Å². The molecule has 5 heteroatoms. The second kappa shape index (κ2) is 13.1. The Morgan fingerprint density at radius 3 is 1.78 bits per heavy atom. The maximum absolute atomic E-state index is 11.9. The molecule has 1 atom stereocenters. The van der Waals surface area contributed by atoms with Crippen molar-refractivity contribution in [1.29, 1.82) is 0 Å². The summed E-state index contributed by atoms with van der Waals surface area (Å²) in [7, 11) is 0. The third-order valence-corrected chi connectivity index (χ3v) is 4.30. The molecule has 138 valence electrons. The molecule has 0 saturated carbocycles. The molecular formula is C18H33F3O2. The molecule has 1 fully saturated rings. The van der Waals surface area contributed by atoms with Gasteiger partial charge in [-0.3, -0.25) is 0 Å². The predicted molar refractivity (Wildman–Crippen MR) is 86.4 cm³/mol. The van der Waals surface area contributed by atoms with Gasteiger partial charge in [-0.25, -0.2) is 0 Å². The van der Waals surface area contributed by atoms with E-state index in [0.29, 0.717) is 6.42 Å². The summed E-state index contributed by atoms with van der Waals surface area (Å²) in [5, 5.41) is 0. The molecular weight excluding hydrogens is 305 g/mol. The minimum atomic E-state index is -3.98. The maximum atomic E-state index is 11.9. The molecule has 0 N–H and O–H groups in total. The van der Waals surface area contributed by atoms with Crippen LogP contribution in [0.4, 0.5) is 13.2 Å². The van der Waals surface area contributed by atoms with Crippen LogP contribution in [0.2, 0.25) is 0 Å². The number of halogens is 3. The standard InChI is InChI=1S/C18H33F3O2/c19-18(20,21)14-10-8-6-4-2-1-3-5-7-9-11-15-22-17-13-12-16-23-17/h17H,1-16H2. The van der Waals surface area contributed by atoms with Gasteiger partial charge in [0.05, 0.1) is 0 Å². The van der Waals surface area contributed by atoms with Crippen molar-refractivity contribution < 1.29 is 22.6 Å². The first kappa shape index (κ1) is 20.8.